The molecule has 1 fully saturated rings. The molecule has 1 atom stereocenters. The number of nitrogens with two attached hydrogens (primary N) is 2. The van der Waals surface area contributed by atoms with Gasteiger partial charge < -0.3 is 10.5 Å². The second-order valence-corrected chi connectivity index (χ2v) is 3.35. The van der Waals surface area contributed by atoms with Crippen LogP contribution in [0.1, 0.15) is 19.8 Å². The zero-order valence-electron chi connectivity index (χ0n) is 7.99. The highest BCUT2D eigenvalue weighted by Gasteiger charge is 2.19. The minimum absolute atomic E-state index is 0.222. The van der Waals surface area contributed by atoms with Crippen LogP contribution in [0.2, 0.25) is 0 Å². The maximum Gasteiger partial charge on any atom is 0.203 e. The third kappa shape index (κ3) is 3.20. The number of hydrogen-bond donors (Lipinski definition) is 3. The van der Waals surface area contributed by atoms with E-state index < -0.39 is 0 Å². The summed E-state index contributed by atoms with van der Waals surface area (Å²) in [4.78, 5) is 4.22. The van der Waals surface area contributed by atoms with E-state index in [1.54, 1.807) is 0 Å². The van der Waals surface area contributed by atoms with Crippen LogP contribution in [0.4, 0.5) is 0 Å². The van der Waals surface area contributed by atoms with Crippen molar-refractivity contribution in [1.82, 2.24) is 5.43 Å². The first-order valence-electron chi connectivity index (χ1n) is 4.61. The van der Waals surface area contributed by atoms with E-state index in [0.29, 0.717) is 11.9 Å². The van der Waals surface area contributed by atoms with E-state index in [2.05, 4.69) is 17.3 Å². The molecule has 76 valence electrons. The average molecular weight is 186 g/mol. The van der Waals surface area contributed by atoms with Gasteiger partial charge >= 0.3 is 0 Å². The van der Waals surface area contributed by atoms with Crippen LogP contribution in [-0.2, 0) is 4.74 Å². The first kappa shape index (κ1) is 10.3. The molecule has 0 aromatic carbocycles. The van der Waals surface area contributed by atoms with E-state index in [1.807, 2.05) is 0 Å². The Morgan fingerprint density at radius 3 is 2.69 bits per heavy atom. The van der Waals surface area contributed by atoms with Gasteiger partial charge in [0.1, 0.15) is 0 Å². The highest BCUT2D eigenvalue weighted by Crippen LogP contribution is 2.20. The smallest absolute Gasteiger partial charge is 0.203 e. The zero-order chi connectivity index (χ0) is 9.68. The van der Waals surface area contributed by atoms with E-state index in [-0.39, 0.29) is 6.04 Å². The lowest BCUT2D eigenvalue weighted by atomic mass is 9.93. The molecule has 0 radical (unpaired) electrons. The molecule has 0 aromatic rings. The average Bonchev–Trinajstić information content (AvgIpc) is 2.19. The highest BCUT2D eigenvalue weighted by atomic mass is 16.5. The second kappa shape index (κ2) is 5.04. The van der Waals surface area contributed by atoms with Gasteiger partial charge in [0.25, 0.3) is 0 Å². The molecule has 0 saturated carbocycles. The summed E-state index contributed by atoms with van der Waals surface area (Å²) in [6, 6.07) is 0.222. The molecule has 0 amide bonds. The van der Waals surface area contributed by atoms with Crippen LogP contribution in [0.3, 0.4) is 0 Å². The molecule has 1 aliphatic rings. The largest absolute Gasteiger partial charge is 0.381 e. The number of aliphatic imine (C=N–C) groups is 1. The molecule has 5 N–H and O–H groups in total. The van der Waals surface area contributed by atoms with Gasteiger partial charge in [-0.05, 0) is 25.7 Å². The van der Waals surface area contributed by atoms with Gasteiger partial charge in [-0.15, -0.1) is 0 Å². The molecule has 0 aliphatic carbocycles. The topological polar surface area (TPSA) is 85.7 Å². The predicted molar refractivity (Wildman–Crippen MR) is 52.0 cm³/mol. The second-order valence-electron chi connectivity index (χ2n) is 3.35. The Balaban J connectivity index is 2.41. The van der Waals surface area contributed by atoms with Crippen molar-refractivity contribution >= 4 is 5.96 Å². The fourth-order valence-corrected chi connectivity index (χ4v) is 1.56. The fraction of sp³-hybridized carbons (Fsp3) is 0.875. The van der Waals surface area contributed by atoms with Crippen molar-refractivity contribution in [1.29, 1.82) is 0 Å². The predicted octanol–water partition coefficient (Wildman–Crippen LogP) is -0.420. The fourth-order valence-electron chi connectivity index (χ4n) is 1.56. The third-order valence-electron chi connectivity index (χ3n) is 2.44. The summed E-state index contributed by atoms with van der Waals surface area (Å²) in [5.74, 6) is 5.99. The van der Waals surface area contributed by atoms with E-state index in [0.717, 1.165) is 26.1 Å². The summed E-state index contributed by atoms with van der Waals surface area (Å²) in [7, 11) is 0. The Labute approximate surface area is 78.5 Å². The molecule has 5 heteroatoms. The summed E-state index contributed by atoms with van der Waals surface area (Å²) in [5, 5.41) is 0. The Morgan fingerprint density at radius 1 is 1.54 bits per heavy atom. The van der Waals surface area contributed by atoms with Gasteiger partial charge in [-0.25, -0.2) is 10.8 Å². The van der Waals surface area contributed by atoms with Crippen LogP contribution >= 0.6 is 0 Å². The van der Waals surface area contributed by atoms with Gasteiger partial charge in [-0.3, -0.25) is 5.43 Å². The van der Waals surface area contributed by atoms with Crippen LogP contribution in [0.5, 0.6) is 0 Å². The first-order valence-corrected chi connectivity index (χ1v) is 4.61. The first-order chi connectivity index (χ1) is 6.24. The molecular formula is C8H18N4O. The molecule has 0 aromatic heterocycles. The molecule has 1 aliphatic heterocycles. The lowest BCUT2D eigenvalue weighted by molar-refractivity contribution is 0.0605. The van der Waals surface area contributed by atoms with Crippen molar-refractivity contribution in [2.75, 3.05) is 13.2 Å². The molecule has 1 saturated heterocycles. The van der Waals surface area contributed by atoms with Gasteiger partial charge in [-0.1, -0.05) is 0 Å². The van der Waals surface area contributed by atoms with Crippen LogP contribution in [0.15, 0.2) is 4.99 Å². The maximum atomic E-state index is 5.46. The molecule has 0 spiro atoms. The van der Waals surface area contributed by atoms with Gasteiger partial charge in [0.05, 0.1) is 6.04 Å². The molecule has 13 heavy (non-hydrogen) atoms. The minimum Gasteiger partial charge on any atom is -0.381 e. The highest BCUT2D eigenvalue weighted by molar-refractivity contribution is 5.77. The number of nitrogens with zero attached hydrogens (tertiary/aromatic N) is 1. The summed E-state index contributed by atoms with van der Waals surface area (Å²) in [6.07, 6.45) is 2.12. The normalized spacial score (nSPS) is 22.8. The monoisotopic (exact) mass is 186 g/mol. The lowest BCUT2D eigenvalue weighted by Crippen LogP contribution is -2.39. The summed E-state index contributed by atoms with van der Waals surface area (Å²) >= 11 is 0. The zero-order valence-corrected chi connectivity index (χ0v) is 7.99. The van der Waals surface area contributed by atoms with Crippen molar-refractivity contribution in [3.63, 3.8) is 0 Å². The Kier molecular flexibility index (Phi) is 3.98. The van der Waals surface area contributed by atoms with E-state index in [9.17, 15) is 0 Å². The summed E-state index contributed by atoms with van der Waals surface area (Å²) < 4.78 is 5.26. The quantitative estimate of drug-likeness (QED) is 0.237. The summed E-state index contributed by atoms with van der Waals surface area (Å²) in [6.45, 7) is 3.72. The number of rotatable bonds is 2. The number of hydrogen-bond acceptors (Lipinski definition) is 3. The van der Waals surface area contributed by atoms with Gasteiger partial charge in [0.15, 0.2) is 0 Å². The van der Waals surface area contributed by atoms with Gasteiger partial charge in [0, 0.05) is 13.2 Å². The van der Waals surface area contributed by atoms with Gasteiger partial charge in [0.2, 0.25) is 5.96 Å². The number of guanidine groups is 1. The maximum absolute atomic E-state index is 5.46. The van der Waals surface area contributed by atoms with E-state index >= 15 is 0 Å². The van der Waals surface area contributed by atoms with Crippen molar-refractivity contribution in [2.45, 2.75) is 25.8 Å². The third-order valence-corrected chi connectivity index (χ3v) is 2.44. The van der Waals surface area contributed by atoms with Crippen molar-refractivity contribution in [3.8, 4) is 0 Å². The minimum atomic E-state index is 0.222. The lowest BCUT2D eigenvalue weighted by Gasteiger charge is -2.25. The van der Waals surface area contributed by atoms with E-state index in [4.69, 9.17) is 16.3 Å². The van der Waals surface area contributed by atoms with Crippen LogP contribution in [-0.4, -0.2) is 25.2 Å². The number of nitrogens with one attached hydrogen (secondary N) is 1. The number of hydrazine groups is 1. The molecule has 1 unspecified atom stereocenters. The Hall–Kier alpha value is -0.810. The van der Waals surface area contributed by atoms with Crippen LogP contribution in [0, 0.1) is 5.92 Å². The standard InChI is InChI=1S/C8H18N4O/c1-6(11-8(9)12-10)7-2-4-13-5-3-7/h6-7H,2-5,10H2,1H3,(H3,9,11,12). The molecule has 0 bridgehead atoms. The van der Waals surface area contributed by atoms with Crippen molar-refractivity contribution < 1.29 is 4.74 Å². The van der Waals surface area contributed by atoms with Crippen molar-refractivity contribution in [2.24, 2.45) is 22.5 Å². The summed E-state index contributed by atoms with van der Waals surface area (Å²) in [5.41, 5.74) is 7.79. The Bertz CT molecular complexity index is 177. The SMILES string of the molecule is CC(N=C(N)NN)C1CCOCC1. The number of ether oxygens (including phenoxy) is 1. The van der Waals surface area contributed by atoms with E-state index in [1.165, 1.54) is 0 Å². The van der Waals surface area contributed by atoms with Crippen LogP contribution < -0.4 is 17.0 Å². The van der Waals surface area contributed by atoms with Crippen molar-refractivity contribution in [3.05, 3.63) is 0 Å². The molecule has 1 rings (SSSR count). The molecular weight excluding hydrogens is 168 g/mol. The molecule has 1 heterocycles. The molecule has 5 nitrogen and oxygen atoms in total. The van der Waals surface area contributed by atoms with Gasteiger partial charge in [-0.2, -0.15) is 0 Å². The Morgan fingerprint density at radius 2 is 2.15 bits per heavy atom. The van der Waals surface area contributed by atoms with Crippen LogP contribution in [0.25, 0.3) is 0 Å².